The highest BCUT2D eigenvalue weighted by Gasteiger charge is 2.13. The molecule has 0 unspecified atom stereocenters. The van der Waals surface area contributed by atoms with E-state index in [1.165, 1.54) is 11.8 Å². The quantitative estimate of drug-likeness (QED) is 0.328. The fourth-order valence-corrected chi connectivity index (χ4v) is 2.79. The maximum Gasteiger partial charge on any atom is 0.316 e. The van der Waals surface area contributed by atoms with Gasteiger partial charge in [0.15, 0.2) is 22.4 Å². The number of hydrogen-bond acceptors (Lipinski definition) is 9. The van der Waals surface area contributed by atoms with Crippen molar-refractivity contribution in [3.63, 3.8) is 0 Å². The summed E-state index contributed by atoms with van der Waals surface area (Å²) in [6, 6.07) is 8.81. The van der Waals surface area contributed by atoms with E-state index in [4.69, 9.17) is 18.7 Å². The molecule has 0 aliphatic carbocycles. The van der Waals surface area contributed by atoms with E-state index in [0.717, 1.165) is 5.56 Å². The summed E-state index contributed by atoms with van der Waals surface area (Å²) in [6.07, 6.45) is 3.23. The summed E-state index contributed by atoms with van der Waals surface area (Å²) in [5.41, 5.74) is 1.28. The molecule has 0 atom stereocenters. The number of carbonyl (C=O) groups excluding carboxylic acids is 1. The molecule has 9 heteroatoms. The third kappa shape index (κ3) is 4.98. The van der Waals surface area contributed by atoms with Gasteiger partial charge in [0.25, 0.3) is 0 Å². The zero-order valence-electron chi connectivity index (χ0n) is 14.7. The van der Waals surface area contributed by atoms with Crippen molar-refractivity contribution in [3.8, 4) is 22.8 Å². The van der Waals surface area contributed by atoms with Crippen LogP contribution in [-0.4, -0.2) is 41.1 Å². The zero-order valence-corrected chi connectivity index (χ0v) is 15.6. The highest BCUT2D eigenvalue weighted by molar-refractivity contribution is 7.99. The van der Waals surface area contributed by atoms with Crippen LogP contribution in [0.25, 0.3) is 11.3 Å². The second kappa shape index (κ2) is 9.04. The highest BCUT2D eigenvalue weighted by Crippen LogP contribution is 2.32. The molecule has 140 valence electrons. The van der Waals surface area contributed by atoms with Crippen LogP contribution in [0.3, 0.4) is 0 Å². The van der Waals surface area contributed by atoms with E-state index in [1.54, 1.807) is 50.9 Å². The Morgan fingerprint density at radius 3 is 2.63 bits per heavy atom. The molecule has 0 aliphatic rings. The second-order valence-corrected chi connectivity index (χ2v) is 6.18. The molecule has 1 aromatic carbocycles. The van der Waals surface area contributed by atoms with E-state index < -0.39 is 0 Å². The first kappa shape index (κ1) is 18.7. The Morgan fingerprint density at radius 2 is 1.89 bits per heavy atom. The van der Waals surface area contributed by atoms with Gasteiger partial charge >= 0.3 is 5.97 Å². The average molecular weight is 387 g/mol. The molecule has 0 saturated carbocycles. The minimum atomic E-state index is -0.386. The van der Waals surface area contributed by atoms with Crippen LogP contribution < -0.4 is 9.47 Å². The summed E-state index contributed by atoms with van der Waals surface area (Å²) in [6.45, 7) is 0.0197. The molecule has 0 amide bonds. The Bertz CT molecular complexity index is 901. The Kier molecular flexibility index (Phi) is 6.26. The number of benzene rings is 1. The lowest BCUT2D eigenvalue weighted by Crippen LogP contribution is -2.07. The molecule has 0 spiro atoms. The number of ether oxygens (including phenoxy) is 3. The van der Waals surface area contributed by atoms with Crippen molar-refractivity contribution in [2.24, 2.45) is 0 Å². The lowest BCUT2D eigenvalue weighted by Gasteiger charge is -2.07. The van der Waals surface area contributed by atoms with Crippen LogP contribution in [0.15, 0.2) is 52.4 Å². The van der Waals surface area contributed by atoms with Gasteiger partial charge in [0.05, 0.1) is 20.0 Å². The SMILES string of the molecule is COc1ccc(-c2cc(COC(=O)CSc3ncccn3)no2)cc1OC. The second-order valence-electron chi connectivity index (χ2n) is 5.23. The van der Waals surface area contributed by atoms with Gasteiger partial charge in [-0.3, -0.25) is 4.79 Å². The molecule has 0 bridgehead atoms. The van der Waals surface area contributed by atoms with Crippen molar-refractivity contribution in [3.05, 3.63) is 48.4 Å². The summed E-state index contributed by atoms with van der Waals surface area (Å²) in [4.78, 5) is 19.9. The van der Waals surface area contributed by atoms with Crippen molar-refractivity contribution >= 4 is 17.7 Å². The minimum absolute atomic E-state index is 0.0197. The topological polar surface area (TPSA) is 96.6 Å². The smallest absolute Gasteiger partial charge is 0.316 e. The maximum atomic E-state index is 11.8. The van der Waals surface area contributed by atoms with Crippen molar-refractivity contribution in [2.75, 3.05) is 20.0 Å². The number of carbonyl (C=O) groups is 1. The fraction of sp³-hybridized carbons (Fsp3) is 0.222. The molecule has 0 radical (unpaired) electrons. The van der Waals surface area contributed by atoms with Crippen molar-refractivity contribution in [1.82, 2.24) is 15.1 Å². The molecule has 3 rings (SSSR count). The predicted octanol–water partition coefficient (Wildman–Crippen LogP) is 2.98. The van der Waals surface area contributed by atoms with Gasteiger partial charge in [-0.15, -0.1) is 0 Å². The largest absolute Gasteiger partial charge is 0.493 e. The first-order chi connectivity index (χ1) is 13.2. The number of nitrogens with zero attached hydrogens (tertiary/aromatic N) is 3. The molecule has 2 aromatic heterocycles. The first-order valence-corrected chi connectivity index (χ1v) is 8.91. The average Bonchev–Trinajstić information content (AvgIpc) is 3.20. The van der Waals surface area contributed by atoms with Gasteiger partial charge in [-0.2, -0.15) is 0 Å². The summed E-state index contributed by atoms with van der Waals surface area (Å²) < 4.78 is 21.0. The summed E-state index contributed by atoms with van der Waals surface area (Å²) >= 11 is 1.21. The van der Waals surface area contributed by atoms with E-state index in [1.807, 2.05) is 6.07 Å². The number of hydrogen-bond donors (Lipinski definition) is 0. The summed E-state index contributed by atoms with van der Waals surface area (Å²) in [7, 11) is 3.13. The van der Waals surface area contributed by atoms with Crippen LogP contribution in [0.4, 0.5) is 0 Å². The van der Waals surface area contributed by atoms with E-state index in [0.29, 0.717) is 28.1 Å². The molecule has 0 aliphatic heterocycles. The standard InChI is InChI=1S/C18H17N3O5S/c1-23-14-5-4-12(8-16(14)24-2)15-9-13(21-26-15)10-25-17(22)11-27-18-19-6-3-7-20-18/h3-9H,10-11H2,1-2H3. The Morgan fingerprint density at radius 1 is 1.11 bits per heavy atom. The number of aromatic nitrogens is 3. The zero-order chi connectivity index (χ0) is 19.1. The van der Waals surface area contributed by atoms with Gasteiger partial charge in [-0.05, 0) is 24.3 Å². The van der Waals surface area contributed by atoms with Crippen LogP contribution in [0.5, 0.6) is 11.5 Å². The van der Waals surface area contributed by atoms with Crippen LogP contribution in [0.2, 0.25) is 0 Å². The molecule has 0 N–H and O–H groups in total. The maximum absolute atomic E-state index is 11.8. The third-order valence-electron chi connectivity index (χ3n) is 3.47. The van der Waals surface area contributed by atoms with Crippen molar-refractivity contribution in [2.45, 2.75) is 11.8 Å². The molecule has 0 fully saturated rings. The third-order valence-corrected chi connectivity index (χ3v) is 4.32. The van der Waals surface area contributed by atoms with Crippen LogP contribution in [0.1, 0.15) is 5.69 Å². The summed E-state index contributed by atoms with van der Waals surface area (Å²) in [5.74, 6) is 1.47. The molecule has 0 saturated heterocycles. The monoisotopic (exact) mass is 387 g/mol. The molecular weight excluding hydrogens is 370 g/mol. The fourth-order valence-electron chi connectivity index (χ4n) is 2.18. The first-order valence-electron chi connectivity index (χ1n) is 7.93. The van der Waals surface area contributed by atoms with Gasteiger partial charge < -0.3 is 18.7 Å². The Balaban J connectivity index is 1.55. The normalized spacial score (nSPS) is 10.4. The van der Waals surface area contributed by atoms with Gasteiger partial charge in [0.1, 0.15) is 12.3 Å². The lowest BCUT2D eigenvalue weighted by atomic mass is 10.1. The van der Waals surface area contributed by atoms with Crippen molar-refractivity contribution < 1.29 is 23.5 Å². The minimum Gasteiger partial charge on any atom is -0.493 e. The van der Waals surface area contributed by atoms with Gasteiger partial charge in [-0.25, -0.2) is 9.97 Å². The van der Waals surface area contributed by atoms with Crippen LogP contribution >= 0.6 is 11.8 Å². The number of methoxy groups -OCH3 is 2. The van der Waals surface area contributed by atoms with Crippen molar-refractivity contribution in [1.29, 1.82) is 0 Å². The van der Waals surface area contributed by atoms with E-state index in [2.05, 4.69) is 15.1 Å². The molecule has 3 aromatic rings. The molecular formula is C18H17N3O5S. The van der Waals surface area contributed by atoms with Crippen LogP contribution in [0, 0.1) is 0 Å². The van der Waals surface area contributed by atoms with E-state index in [-0.39, 0.29) is 18.3 Å². The van der Waals surface area contributed by atoms with E-state index in [9.17, 15) is 4.79 Å². The molecule has 8 nitrogen and oxygen atoms in total. The molecule has 27 heavy (non-hydrogen) atoms. The number of thioether (sulfide) groups is 1. The summed E-state index contributed by atoms with van der Waals surface area (Å²) in [5, 5.41) is 4.45. The molecule has 2 heterocycles. The number of rotatable bonds is 8. The highest BCUT2D eigenvalue weighted by atomic mass is 32.2. The lowest BCUT2D eigenvalue weighted by molar-refractivity contribution is -0.141. The predicted molar refractivity (Wildman–Crippen MR) is 97.6 cm³/mol. The van der Waals surface area contributed by atoms with Gasteiger partial charge in [0, 0.05) is 24.0 Å². The Labute approximate surface area is 159 Å². The van der Waals surface area contributed by atoms with E-state index >= 15 is 0 Å². The van der Waals surface area contributed by atoms with Gasteiger partial charge in [-0.1, -0.05) is 16.9 Å². The number of esters is 1. The van der Waals surface area contributed by atoms with Gasteiger partial charge in [0.2, 0.25) is 0 Å². The van der Waals surface area contributed by atoms with Crippen LogP contribution in [-0.2, 0) is 16.1 Å². The Hall–Kier alpha value is -3.07.